The number of carbonyl (C=O) groups excluding carboxylic acids is 1. The number of hydrogen-bond donors (Lipinski definition) is 0. The fourth-order valence-corrected chi connectivity index (χ4v) is 1.77. The summed E-state index contributed by atoms with van der Waals surface area (Å²) in [5.74, 6) is -0.207. The second-order valence-electron chi connectivity index (χ2n) is 4.01. The number of hydrogen-bond acceptors (Lipinski definition) is 3. The van der Waals surface area contributed by atoms with Gasteiger partial charge in [-0.05, 0) is 18.4 Å². The van der Waals surface area contributed by atoms with Crippen LogP contribution in [0, 0.1) is 5.92 Å². The third-order valence-electron chi connectivity index (χ3n) is 2.72. The molecule has 1 saturated heterocycles. The van der Waals surface area contributed by atoms with Crippen LogP contribution < -0.4 is 0 Å². The summed E-state index contributed by atoms with van der Waals surface area (Å²) in [5.41, 5.74) is 1.02. The quantitative estimate of drug-likeness (QED) is 0.732. The fraction of sp³-hybridized carbons (Fsp3) is 0.462. The van der Waals surface area contributed by atoms with Gasteiger partial charge in [-0.2, -0.15) is 0 Å². The Kier molecular flexibility index (Phi) is 3.94. The van der Waals surface area contributed by atoms with Crippen molar-refractivity contribution in [1.82, 2.24) is 0 Å². The molecule has 0 bridgehead atoms. The van der Waals surface area contributed by atoms with Crippen molar-refractivity contribution in [2.24, 2.45) is 5.92 Å². The Hall–Kier alpha value is -1.35. The second kappa shape index (κ2) is 5.66. The van der Waals surface area contributed by atoms with Crippen LogP contribution in [0.15, 0.2) is 30.3 Å². The standard InChI is InChI=1S/C13H16O3/c14-13(12-7-4-8-15-10-12)16-9-11-5-2-1-3-6-11/h1-3,5-6,12H,4,7-10H2. The summed E-state index contributed by atoms with van der Waals surface area (Å²) in [6.07, 6.45) is 1.83. The van der Waals surface area contributed by atoms with Crippen molar-refractivity contribution >= 4 is 5.97 Å². The zero-order chi connectivity index (χ0) is 11.2. The first-order valence-electron chi connectivity index (χ1n) is 5.64. The lowest BCUT2D eigenvalue weighted by molar-refractivity contribution is -0.154. The molecule has 1 aliphatic heterocycles. The first kappa shape index (κ1) is 11.1. The molecular formula is C13H16O3. The van der Waals surface area contributed by atoms with E-state index in [1.54, 1.807) is 0 Å². The molecule has 0 amide bonds. The van der Waals surface area contributed by atoms with Crippen LogP contribution >= 0.6 is 0 Å². The summed E-state index contributed by atoms with van der Waals surface area (Å²) in [5, 5.41) is 0. The molecule has 1 unspecified atom stereocenters. The van der Waals surface area contributed by atoms with E-state index in [2.05, 4.69) is 0 Å². The van der Waals surface area contributed by atoms with Gasteiger partial charge < -0.3 is 9.47 Å². The van der Waals surface area contributed by atoms with Gasteiger partial charge in [-0.25, -0.2) is 0 Å². The van der Waals surface area contributed by atoms with Gasteiger partial charge in [-0.1, -0.05) is 30.3 Å². The molecule has 1 heterocycles. The molecule has 3 heteroatoms. The molecule has 3 nitrogen and oxygen atoms in total. The Labute approximate surface area is 95.4 Å². The van der Waals surface area contributed by atoms with Crippen molar-refractivity contribution in [1.29, 1.82) is 0 Å². The van der Waals surface area contributed by atoms with Crippen LogP contribution in [0.5, 0.6) is 0 Å². The first-order valence-corrected chi connectivity index (χ1v) is 5.64. The molecule has 0 saturated carbocycles. The predicted octanol–water partition coefficient (Wildman–Crippen LogP) is 2.16. The third kappa shape index (κ3) is 3.07. The lowest BCUT2D eigenvalue weighted by Crippen LogP contribution is -2.26. The van der Waals surface area contributed by atoms with Gasteiger partial charge in [0.15, 0.2) is 0 Å². The molecule has 0 aliphatic carbocycles. The fourth-order valence-electron chi connectivity index (χ4n) is 1.77. The highest BCUT2D eigenvalue weighted by atomic mass is 16.5. The van der Waals surface area contributed by atoms with Crippen LogP contribution in [0.4, 0.5) is 0 Å². The van der Waals surface area contributed by atoms with Crippen LogP contribution in [0.25, 0.3) is 0 Å². The number of rotatable bonds is 3. The van der Waals surface area contributed by atoms with Gasteiger partial charge in [0.05, 0.1) is 12.5 Å². The summed E-state index contributed by atoms with van der Waals surface area (Å²) < 4.78 is 10.5. The summed E-state index contributed by atoms with van der Waals surface area (Å²) in [7, 11) is 0. The van der Waals surface area contributed by atoms with Crippen LogP contribution in [-0.4, -0.2) is 19.2 Å². The maximum Gasteiger partial charge on any atom is 0.311 e. The second-order valence-corrected chi connectivity index (χ2v) is 4.01. The van der Waals surface area contributed by atoms with Gasteiger partial charge in [0.1, 0.15) is 6.61 Å². The van der Waals surface area contributed by atoms with E-state index in [0.29, 0.717) is 13.2 Å². The average Bonchev–Trinajstić information content (AvgIpc) is 2.38. The molecule has 2 rings (SSSR count). The van der Waals surface area contributed by atoms with E-state index < -0.39 is 0 Å². The number of ether oxygens (including phenoxy) is 2. The summed E-state index contributed by atoms with van der Waals surface area (Å²) >= 11 is 0. The third-order valence-corrected chi connectivity index (χ3v) is 2.72. The number of esters is 1. The first-order chi connectivity index (χ1) is 7.86. The minimum Gasteiger partial charge on any atom is -0.461 e. The lowest BCUT2D eigenvalue weighted by Gasteiger charge is -2.20. The number of carbonyl (C=O) groups is 1. The molecule has 1 fully saturated rings. The lowest BCUT2D eigenvalue weighted by atomic mass is 10.0. The van der Waals surface area contributed by atoms with Crippen molar-refractivity contribution in [3.05, 3.63) is 35.9 Å². The SMILES string of the molecule is O=C(OCc1ccccc1)C1CCCOC1. The summed E-state index contributed by atoms with van der Waals surface area (Å²) in [6, 6.07) is 9.72. The molecule has 1 aliphatic rings. The highest BCUT2D eigenvalue weighted by molar-refractivity contribution is 5.72. The highest BCUT2D eigenvalue weighted by Crippen LogP contribution is 2.15. The van der Waals surface area contributed by atoms with Crippen LogP contribution in [0.1, 0.15) is 18.4 Å². The zero-order valence-electron chi connectivity index (χ0n) is 9.22. The molecule has 0 spiro atoms. The topological polar surface area (TPSA) is 35.5 Å². The Morgan fingerprint density at radius 3 is 2.88 bits per heavy atom. The Bertz CT molecular complexity index is 328. The van der Waals surface area contributed by atoms with E-state index in [0.717, 1.165) is 25.0 Å². The molecule has 1 aromatic carbocycles. The normalized spacial score (nSPS) is 20.4. The molecule has 0 aromatic heterocycles. The van der Waals surface area contributed by atoms with Crippen LogP contribution in [-0.2, 0) is 20.9 Å². The zero-order valence-corrected chi connectivity index (χ0v) is 9.22. The minimum atomic E-state index is -0.136. The smallest absolute Gasteiger partial charge is 0.311 e. The molecule has 16 heavy (non-hydrogen) atoms. The van der Waals surface area contributed by atoms with Crippen molar-refractivity contribution in [3.8, 4) is 0 Å². The van der Waals surface area contributed by atoms with Crippen molar-refractivity contribution in [2.75, 3.05) is 13.2 Å². The minimum absolute atomic E-state index is 0.0718. The monoisotopic (exact) mass is 220 g/mol. The Balaban J connectivity index is 1.79. The molecule has 0 radical (unpaired) electrons. The van der Waals surface area contributed by atoms with Gasteiger partial charge in [0.25, 0.3) is 0 Å². The summed E-state index contributed by atoms with van der Waals surface area (Å²) in [6.45, 7) is 1.63. The maximum atomic E-state index is 11.7. The van der Waals surface area contributed by atoms with Crippen molar-refractivity contribution in [3.63, 3.8) is 0 Å². The van der Waals surface area contributed by atoms with E-state index in [-0.39, 0.29) is 11.9 Å². The van der Waals surface area contributed by atoms with Crippen LogP contribution in [0.3, 0.4) is 0 Å². The molecular weight excluding hydrogens is 204 g/mol. The van der Waals surface area contributed by atoms with E-state index in [1.807, 2.05) is 30.3 Å². The maximum absolute atomic E-state index is 11.7. The summed E-state index contributed by atoms with van der Waals surface area (Å²) in [4.78, 5) is 11.7. The largest absolute Gasteiger partial charge is 0.461 e. The Morgan fingerprint density at radius 1 is 1.38 bits per heavy atom. The molecule has 0 N–H and O–H groups in total. The predicted molar refractivity (Wildman–Crippen MR) is 59.8 cm³/mol. The highest BCUT2D eigenvalue weighted by Gasteiger charge is 2.22. The van der Waals surface area contributed by atoms with Crippen molar-refractivity contribution in [2.45, 2.75) is 19.4 Å². The van der Waals surface area contributed by atoms with E-state index >= 15 is 0 Å². The molecule has 1 atom stereocenters. The van der Waals surface area contributed by atoms with Gasteiger partial charge in [-0.15, -0.1) is 0 Å². The molecule has 1 aromatic rings. The number of benzene rings is 1. The van der Waals surface area contributed by atoms with Gasteiger partial charge >= 0.3 is 5.97 Å². The van der Waals surface area contributed by atoms with E-state index in [9.17, 15) is 4.79 Å². The Morgan fingerprint density at radius 2 is 2.19 bits per heavy atom. The average molecular weight is 220 g/mol. The van der Waals surface area contributed by atoms with Gasteiger partial charge in [0.2, 0.25) is 0 Å². The van der Waals surface area contributed by atoms with Gasteiger partial charge in [-0.3, -0.25) is 4.79 Å². The van der Waals surface area contributed by atoms with Gasteiger partial charge in [0, 0.05) is 6.61 Å². The van der Waals surface area contributed by atoms with Crippen LogP contribution in [0.2, 0.25) is 0 Å². The van der Waals surface area contributed by atoms with E-state index in [4.69, 9.17) is 9.47 Å². The van der Waals surface area contributed by atoms with Crippen molar-refractivity contribution < 1.29 is 14.3 Å². The molecule has 86 valence electrons. The van der Waals surface area contributed by atoms with E-state index in [1.165, 1.54) is 0 Å².